The quantitative estimate of drug-likeness (QED) is 0.659. The molecule has 0 saturated carbocycles. The van der Waals surface area contributed by atoms with Crippen molar-refractivity contribution >= 4 is 11.8 Å². The van der Waals surface area contributed by atoms with E-state index in [1.165, 1.54) is 0 Å². The lowest BCUT2D eigenvalue weighted by molar-refractivity contribution is 0.0759. The number of aromatic nitrogens is 1. The summed E-state index contributed by atoms with van der Waals surface area (Å²) in [5, 5.41) is 2.85. The largest absolute Gasteiger partial charge is 0.497 e. The first-order valence-electron chi connectivity index (χ1n) is 11.9. The van der Waals surface area contributed by atoms with E-state index in [2.05, 4.69) is 5.32 Å². The van der Waals surface area contributed by atoms with E-state index in [9.17, 15) is 14.4 Å². The third-order valence-corrected chi connectivity index (χ3v) is 6.37. The van der Waals surface area contributed by atoms with Gasteiger partial charge in [0.15, 0.2) is 0 Å². The molecule has 1 aliphatic heterocycles. The van der Waals surface area contributed by atoms with Gasteiger partial charge in [0.05, 0.1) is 7.11 Å². The number of hydrogen-bond acceptors (Lipinski definition) is 4. The fraction of sp³-hybridized carbons (Fsp3) is 0.500. The average Bonchev–Trinajstić information content (AvgIpc) is 3.13. The highest BCUT2D eigenvalue weighted by molar-refractivity contribution is 5.99. The number of nitrogens with one attached hydrogen (secondary N) is 1. The van der Waals surface area contributed by atoms with Gasteiger partial charge in [0, 0.05) is 38.1 Å². The number of carbonyl (C=O) groups excluding carboxylic acids is 2. The fourth-order valence-corrected chi connectivity index (χ4v) is 4.03. The van der Waals surface area contributed by atoms with Gasteiger partial charge < -0.3 is 19.5 Å². The Balaban J connectivity index is 1.80. The molecule has 0 bridgehead atoms. The van der Waals surface area contributed by atoms with Gasteiger partial charge in [-0.25, -0.2) is 0 Å². The van der Waals surface area contributed by atoms with Crippen LogP contribution in [0.3, 0.4) is 0 Å². The number of hydrogen-bond donors (Lipinski definition) is 1. The molecule has 1 aromatic carbocycles. The third kappa shape index (κ3) is 6.24. The van der Waals surface area contributed by atoms with Crippen molar-refractivity contribution in [3.8, 4) is 5.75 Å². The highest BCUT2D eigenvalue weighted by atomic mass is 16.5. The predicted octanol–water partition coefficient (Wildman–Crippen LogP) is 3.82. The molecule has 2 aromatic rings. The van der Waals surface area contributed by atoms with Crippen LogP contribution in [-0.2, 0) is 6.42 Å². The van der Waals surface area contributed by atoms with Gasteiger partial charge >= 0.3 is 0 Å². The molecule has 3 rings (SSSR count). The number of amides is 2. The molecule has 7 nitrogen and oxygen atoms in total. The van der Waals surface area contributed by atoms with Crippen molar-refractivity contribution in [1.82, 2.24) is 14.8 Å². The molecular formula is C26H35N3O4. The highest BCUT2D eigenvalue weighted by Gasteiger charge is 2.24. The van der Waals surface area contributed by atoms with Crippen LogP contribution < -0.4 is 15.5 Å². The predicted molar refractivity (Wildman–Crippen MR) is 129 cm³/mol. The van der Waals surface area contributed by atoms with Crippen molar-refractivity contribution in [3.05, 3.63) is 63.6 Å². The molecule has 7 heteroatoms. The maximum absolute atomic E-state index is 13.2. The molecule has 178 valence electrons. The zero-order chi connectivity index (χ0) is 23.8. The standard InChI is InChI=1S/C26H35N3O4/c1-4-19(2)29-17-22(25(31)27-14-13-20-9-11-21(33-3)12-10-20)24(30)23(18-29)26(32)28-15-7-5-6-8-16-28/h9-12,17-19H,4-8,13-16H2,1-3H3,(H,27,31). The second-order valence-electron chi connectivity index (χ2n) is 8.68. The number of rotatable bonds is 8. The minimum Gasteiger partial charge on any atom is -0.497 e. The van der Waals surface area contributed by atoms with Gasteiger partial charge in [-0.15, -0.1) is 0 Å². The van der Waals surface area contributed by atoms with E-state index in [-0.39, 0.29) is 23.1 Å². The molecular weight excluding hydrogens is 418 g/mol. The van der Waals surface area contributed by atoms with E-state index in [0.29, 0.717) is 26.1 Å². The lowest BCUT2D eigenvalue weighted by Gasteiger charge is -2.22. The topological polar surface area (TPSA) is 80.6 Å². The van der Waals surface area contributed by atoms with Gasteiger partial charge in [0.2, 0.25) is 5.43 Å². The van der Waals surface area contributed by atoms with Gasteiger partial charge in [-0.2, -0.15) is 0 Å². The Labute approximate surface area is 195 Å². The van der Waals surface area contributed by atoms with Crippen LogP contribution >= 0.6 is 0 Å². The second kappa shape index (κ2) is 11.7. The molecule has 0 aliphatic carbocycles. The van der Waals surface area contributed by atoms with Crippen molar-refractivity contribution in [2.24, 2.45) is 0 Å². The summed E-state index contributed by atoms with van der Waals surface area (Å²) in [5.41, 5.74) is 0.662. The number of nitrogens with zero attached hydrogens (tertiary/aromatic N) is 2. The average molecular weight is 454 g/mol. The maximum Gasteiger partial charge on any atom is 0.259 e. The van der Waals surface area contributed by atoms with Crippen molar-refractivity contribution in [3.63, 3.8) is 0 Å². The molecule has 1 atom stereocenters. The molecule has 1 saturated heterocycles. The Morgan fingerprint density at radius 2 is 1.67 bits per heavy atom. The van der Waals surface area contributed by atoms with Crippen LogP contribution in [0, 0.1) is 0 Å². The molecule has 1 aromatic heterocycles. The Morgan fingerprint density at radius 3 is 2.27 bits per heavy atom. The molecule has 1 unspecified atom stereocenters. The van der Waals surface area contributed by atoms with Crippen molar-refractivity contribution < 1.29 is 14.3 Å². The number of carbonyl (C=O) groups is 2. The Hall–Kier alpha value is -3.09. The zero-order valence-electron chi connectivity index (χ0n) is 19.9. The second-order valence-corrected chi connectivity index (χ2v) is 8.68. The number of likely N-dealkylation sites (tertiary alicyclic amines) is 1. The normalized spacial score (nSPS) is 14.9. The molecule has 0 radical (unpaired) electrons. The molecule has 33 heavy (non-hydrogen) atoms. The van der Waals surface area contributed by atoms with E-state index in [1.54, 1.807) is 24.4 Å². The first-order valence-corrected chi connectivity index (χ1v) is 11.9. The summed E-state index contributed by atoms with van der Waals surface area (Å²) in [7, 11) is 1.62. The first kappa shape index (κ1) is 24.6. The summed E-state index contributed by atoms with van der Waals surface area (Å²) in [6.07, 6.45) is 8.72. The maximum atomic E-state index is 13.2. The van der Waals surface area contributed by atoms with Crippen LogP contribution in [0.4, 0.5) is 0 Å². The molecule has 1 aliphatic rings. The number of benzene rings is 1. The molecule has 0 spiro atoms. The van der Waals surface area contributed by atoms with Gasteiger partial charge in [0.25, 0.3) is 11.8 Å². The van der Waals surface area contributed by atoms with Gasteiger partial charge in [0.1, 0.15) is 16.9 Å². The monoisotopic (exact) mass is 453 g/mol. The zero-order valence-corrected chi connectivity index (χ0v) is 19.9. The van der Waals surface area contributed by atoms with Gasteiger partial charge in [-0.05, 0) is 50.3 Å². The SMILES string of the molecule is CCC(C)n1cc(C(=O)NCCc2ccc(OC)cc2)c(=O)c(C(=O)N2CCCCCC2)c1. The molecule has 1 fully saturated rings. The number of pyridine rings is 1. The summed E-state index contributed by atoms with van der Waals surface area (Å²) in [6.45, 7) is 5.74. The summed E-state index contributed by atoms with van der Waals surface area (Å²) in [4.78, 5) is 41.2. The van der Waals surface area contributed by atoms with E-state index in [1.807, 2.05) is 42.7 Å². The van der Waals surface area contributed by atoms with E-state index in [0.717, 1.165) is 43.4 Å². The van der Waals surface area contributed by atoms with Gasteiger partial charge in [-0.3, -0.25) is 14.4 Å². The Bertz CT molecular complexity index is 1010. The van der Waals surface area contributed by atoms with E-state index in [4.69, 9.17) is 4.74 Å². The van der Waals surface area contributed by atoms with Crippen LogP contribution in [-0.4, -0.2) is 48.0 Å². The Morgan fingerprint density at radius 1 is 1.03 bits per heavy atom. The molecule has 2 amide bonds. The van der Waals surface area contributed by atoms with Gasteiger partial charge in [-0.1, -0.05) is 31.9 Å². The fourth-order valence-electron chi connectivity index (χ4n) is 4.03. The number of methoxy groups -OCH3 is 1. The van der Waals surface area contributed by atoms with E-state index < -0.39 is 11.3 Å². The first-order chi connectivity index (χ1) is 15.9. The summed E-state index contributed by atoms with van der Waals surface area (Å²) < 4.78 is 6.99. The summed E-state index contributed by atoms with van der Waals surface area (Å²) >= 11 is 0. The summed E-state index contributed by atoms with van der Waals surface area (Å²) in [5.74, 6) is 0.0576. The van der Waals surface area contributed by atoms with Crippen LogP contribution in [0.1, 0.15) is 78.3 Å². The Kier molecular flexibility index (Phi) is 8.69. The minimum atomic E-state index is -0.495. The molecule has 1 N–H and O–H groups in total. The minimum absolute atomic E-state index is 0.0192. The van der Waals surface area contributed by atoms with Crippen LogP contribution in [0.15, 0.2) is 41.5 Å². The molecule has 2 heterocycles. The van der Waals surface area contributed by atoms with Crippen molar-refractivity contribution in [1.29, 1.82) is 0 Å². The highest BCUT2D eigenvalue weighted by Crippen LogP contribution is 2.16. The van der Waals surface area contributed by atoms with Crippen LogP contribution in [0.5, 0.6) is 5.75 Å². The van der Waals surface area contributed by atoms with E-state index >= 15 is 0 Å². The lowest BCUT2D eigenvalue weighted by Crippen LogP contribution is -2.38. The number of ether oxygens (including phenoxy) is 1. The third-order valence-electron chi connectivity index (χ3n) is 6.37. The van der Waals surface area contributed by atoms with Crippen LogP contribution in [0.25, 0.3) is 0 Å². The van der Waals surface area contributed by atoms with Crippen LogP contribution in [0.2, 0.25) is 0 Å². The van der Waals surface area contributed by atoms with Crippen molar-refractivity contribution in [2.45, 2.75) is 58.4 Å². The van der Waals surface area contributed by atoms with Crippen molar-refractivity contribution in [2.75, 3.05) is 26.7 Å². The lowest BCUT2D eigenvalue weighted by atomic mass is 10.1. The summed E-state index contributed by atoms with van der Waals surface area (Å²) in [6, 6.07) is 7.70. The smallest absolute Gasteiger partial charge is 0.259 e.